The number of aryl methyl sites for hydroxylation is 1. The van der Waals surface area contributed by atoms with Crippen LogP contribution in [0.2, 0.25) is 0 Å². The van der Waals surface area contributed by atoms with Crippen molar-refractivity contribution in [3.63, 3.8) is 0 Å². The van der Waals surface area contributed by atoms with Crippen LogP contribution < -0.4 is 10.6 Å². The summed E-state index contributed by atoms with van der Waals surface area (Å²) in [4.78, 5) is 35.8. The molecule has 2 rings (SSSR count). The molecule has 2 aromatic carbocycles. The highest BCUT2D eigenvalue weighted by Gasteiger charge is 2.18. The zero-order valence-electron chi connectivity index (χ0n) is 15.9. The molecule has 0 aromatic heterocycles. The number of amides is 2. The third kappa shape index (κ3) is 7.08. The number of hydrogen-bond acceptors (Lipinski definition) is 4. The summed E-state index contributed by atoms with van der Waals surface area (Å²) in [5, 5.41) is 14.0. The first kappa shape index (κ1) is 21.5. The minimum Gasteiger partial charge on any atom is -0.481 e. The Bertz CT molecular complexity index is 854. The Morgan fingerprint density at radius 3 is 2.32 bits per heavy atom. The molecule has 7 heteroatoms. The summed E-state index contributed by atoms with van der Waals surface area (Å²) in [5.74, 6) is -1.44. The molecular formula is C21H24N2O4S. The average Bonchev–Trinajstić information content (AvgIpc) is 2.64. The van der Waals surface area contributed by atoms with E-state index >= 15 is 0 Å². The minimum atomic E-state index is -1.01. The van der Waals surface area contributed by atoms with Crippen LogP contribution in [0.25, 0.3) is 0 Å². The third-order valence-electron chi connectivity index (χ3n) is 3.91. The second-order valence-corrected chi connectivity index (χ2v) is 7.62. The molecule has 0 aliphatic rings. The zero-order chi connectivity index (χ0) is 20.5. The van der Waals surface area contributed by atoms with Crippen LogP contribution in [0, 0.1) is 6.92 Å². The number of anilines is 2. The van der Waals surface area contributed by atoms with E-state index in [9.17, 15) is 14.4 Å². The SMILES string of the molecule is CCC(Sc1cccc(NC(=O)CCC(=O)O)c1)C(=O)Nc1cccc(C)c1. The molecule has 148 valence electrons. The first-order valence-electron chi connectivity index (χ1n) is 9.03. The van der Waals surface area contributed by atoms with Crippen LogP contribution in [0.1, 0.15) is 31.7 Å². The van der Waals surface area contributed by atoms with E-state index in [4.69, 9.17) is 5.11 Å². The molecule has 0 fully saturated rings. The maximum absolute atomic E-state index is 12.6. The number of thioether (sulfide) groups is 1. The zero-order valence-corrected chi connectivity index (χ0v) is 16.7. The van der Waals surface area contributed by atoms with Crippen LogP contribution in [-0.4, -0.2) is 28.1 Å². The van der Waals surface area contributed by atoms with E-state index in [0.29, 0.717) is 12.1 Å². The van der Waals surface area contributed by atoms with Crippen molar-refractivity contribution < 1.29 is 19.5 Å². The number of hydrogen-bond donors (Lipinski definition) is 3. The van der Waals surface area contributed by atoms with Crippen molar-refractivity contribution in [2.24, 2.45) is 0 Å². The van der Waals surface area contributed by atoms with E-state index in [1.807, 2.05) is 44.2 Å². The van der Waals surface area contributed by atoms with Crippen LogP contribution in [0.3, 0.4) is 0 Å². The maximum atomic E-state index is 12.6. The second-order valence-electron chi connectivity index (χ2n) is 6.34. The fraction of sp³-hybridized carbons (Fsp3) is 0.286. The van der Waals surface area contributed by atoms with Gasteiger partial charge in [-0.3, -0.25) is 14.4 Å². The van der Waals surface area contributed by atoms with E-state index in [1.54, 1.807) is 18.2 Å². The van der Waals surface area contributed by atoms with Crippen molar-refractivity contribution >= 4 is 40.9 Å². The monoisotopic (exact) mass is 400 g/mol. The predicted molar refractivity (Wildman–Crippen MR) is 112 cm³/mol. The van der Waals surface area contributed by atoms with Crippen molar-refractivity contribution in [1.82, 2.24) is 0 Å². The number of nitrogens with one attached hydrogen (secondary N) is 2. The highest BCUT2D eigenvalue weighted by Crippen LogP contribution is 2.28. The summed E-state index contributed by atoms with van der Waals surface area (Å²) in [6.07, 6.45) is 0.359. The van der Waals surface area contributed by atoms with Gasteiger partial charge in [-0.25, -0.2) is 0 Å². The Morgan fingerprint density at radius 2 is 1.68 bits per heavy atom. The van der Waals surface area contributed by atoms with E-state index in [2.05, 4.69) is 10.6 Å². The Labute approximate surface area is 168 Å². The lowest BCUT2D eigenvalue weighted by Gasteiger charge is -2.15. The highest BCUT2D eigenvalue weighted by atomic mass is 32.2. The maximum Gasteiger partial charge on any atom is 0.303 e. The summed E-state index contributed by atoms with van der Waals surface area (Å²) >= 11 is 1.42. The Hall–Kier alpha value is -2.80. The van der Waals surface area contributed by atoms with Gasteiger partial charge in [0.2, 0.25) is 11.8 Å². The van der Waals surface area contributed by atoms with Gasteiger partial charge in [0.25, 0.3) is 0 Å². The molecule has 0 saturated heterocycles. The van der Waals surface area contributed by atoms with Gasteiger partial charge in [-0.2, -0.15) is 0 Å². The number of carbonyl (C=O) groups excluding carboxylic acids is 2. The van der Waals surface area contributed by atoms with Crippen LogP contribution in [0.5, 0.6) is 0 Å². The molecular weight excluding hydrogens is 376 g/mol. The summed E-state index contributed by atoms with van der Waals surface area (Å²) in [5.41, 5.74) is 2.42. The molecule has 0 radical (unpaired) electrons. The fourth-order valence-corrected chi connectivity index (χ4v) is 3.54. The standard InChI is InChI=1S/C21H24N2O4S/c1-3-18(21(27)23-15-7-4-6-14(2)12-15)28-17-9-5-8-16(13-17)22-19(24)10-11-20(25)26/h4-9,12-13,18H,3,10-11H2,1-2H3,(H,22,24)(H,23,27)(H,25,26). The smallest absolute Gasteiger partial charge is 0.303 e. The van der Waals surface area contributed by atoms with E-state index in [0.717, 1.165) is 16.1 Å². The Balaban J connectivity index is 1.99. The molecule has 28 heavy (non-hydrogen) atoms. The van der Waals surface area contributed by atoms with Crippen LogP contribution in [0.4, 0.5) is 11.4 Å². The van der Waals surface area contributed by atoms with E-state index < -0.39 is 5.97 Å². The van der Waals surface area contributed by atoms with Crippen molar-refractivity contribution in [3.8, 4) is 0 Å². The first-order chi connectivity index (χ1) is 13.4. The van der Waals surface area contributed by atoms with Gasteiger partial charge in [-0.05, 0) is 49.2 Å². The Morgan fingerprint density at radius 1 is 1.00 bits per heavy atom. The number of carboxylic acid groups (broad SMARTS) is 1. The predicted octanol–water partition coefficient (Wildman–Crippen LogP) is 4.31. The average molecular weight is 401 g/mol. The number of rotatable bonds is 9. The summed E-state index contributed by atoms with van der Waals surface area (Å²) in [6, 6.07) is 14.8. The summed E-state index contributed by atoms with van der Waals surface area (Å²) in [7, 11) is 0. The highest BCUT2D eigenvalue weighted by molar-refractivity contribution is 8.00. The fourth-order valence-electron chi connectivity index (χ4n) is 2.52. The van der Waals surface area contributed by atoms with Gasteiger partial charge in [0.15, 0.2) is 0 Å². The lowest BCUT2D eigenvalue weighted by Crippen LogP contribution is -2.24. The quantitative estimate of drug-likeness (QED) is 0.545. The van der Waals surface area contributed by atoms with Gasteiger partial charge < -0.3 is 15.7 Å². The van der Waals surface area contributed by atoms with Crippen LogP contribution >= 0.6 is 11.8 Å². The van der Waals surface area contributed by atoms with Crippen molar-refractivity contribution in [3.05, 3.63) is 54.1 Å². The topological polar surface area (TPSA) is 95.5 Å². The molecule has 0 aliphatic carbocycles. The summed E-state index contributed by atoms with van der Waals surface area (Å²) in [6.45, 7) is 3.92. The molecule has 0 saturated carbocycles. The summed E-state index contributed by atoms with van der Waals surface area (Å²) < 4.78 is 0. The lowest BCUT2D eigenvalue weighted by atomic mass is 10.2. The van der Waals surface area contributed by atoms with Gasteiger partial charge in [-0.15, -0.1) is 11.8 Å². The molecule has 2 aromatic rings. The van der Waals surface area contributed by atoms with Crippen LogP contribution in [-0.2, 0) is 14.4 Å². The molecule has 2 amide bonds. The molecule has 0 bridgehead atoms. The largest absolute Gasteiger partial charge is 0.481 e. The molecule has 0 heterocycles. The normalized spacial score (nSPS) is 11.5. The molecule has 1 unspecified atom stereocenters. The minimum absolute atomic E-state index is 0.0750. The van der Waals surface area contributed by atoms with E-state index in [-0.39, 0.29) is 29.9 Å². The molecule has 0 aliphatic heterocycles. The molecule has 0 spiro atoms. The van der Waals surface area contributed by atoms with Gasteiger partial charge in [-0.1, -0.05) is 25.1 Å². The molecule has 3 N–H and O–H groups in total. The van der Waals surface area contributed by atoms with Gasteiger partial charge in [0, 0.05) is 22.7 Å². The second kappa shape index (κ2) is 10.5. The number of carbonyl (C=O) groups is 3. The van der Waals surface area contributed by atoms with Crippen molar-refractivity contribution in [2.75, 3.05) is 10.6 Å². The third-order valence-corrected chi connectivity index (χ3v) is 5.27. The van der Waals surface area contributed by atoms with Crippen molar-refractivity contribution in [1.29, 1.82) is 0 Å². The van der Waals surface area contributed by atoms with Gasteiger partial charge in [0.1, 0.15) is 0 Å². The number of carboxylic acids is 1. The molecule has 1 atom stereocenters. The first-order valence-corrected chi connectivity index (χ1v) is 9.91. The van der Waals surface area contributed by atoms with E-state index in [1.165, 1.54) is 11.8 Å². The van der Waals surface area contributed by atoms with Crippen molar-refractivity contribution in [2.45, 2.75) is 43.3 Å². The van der Waals surface area contributed by atoms with Gasteiger partial charge >= 0.3 is 5.97 Å². The Kier molecular flexibility index (Phi) is 8.07. The van der Waals surface area contributed by atoms with Gasteiger partial charge in [0.05, 0.1) is 11.7 Å². The molecule has 6 nitrogen and oxygen atoms in total. The van der Waals surface area contributed by atoms with Crippen LogP contribution in [0.15, 0.2) is 53.4 Å². The number of benzene rings is 2. The number of aliphatic carboxylic acids is 1. The lowest BCUT2D eigenvalue weighted by molar-refractivity contribution is -0.138.